The number of amides is 1. The highest BCUT2D eigenvalue weighted by Gasteiger charge is 2.50. The molecule has 1 fully saturated rings. The zero-order chi connectivity index (χ0) is 25.8. The Morgan fingerprint density at radius 1 is 1.11 bits per heavy atom. The summed E-state index contributed by atoms with van der Waals surface area (Å²) in [5, 5.41) is 12.6. The summed E-state index contributed by atoms with van der Waals surface area (Å²) >= 11 is 5.55. The van der Waals surface area contributed by atoms with Gasteiger partial charge in [0.25, 0.3) is 5.91 Å². The minimum Gasteiger partial charge on any atom is -0.304 e. The maximum absolute atomic E-state index is 13.5. The maximum atomic E-state index is 13.5. The Morgan fingerprint density at radius 2 is 1.77 bits per heavy atom. The van der Waals surface area contributed by atoms with Crippen molar-refractivity contribution in [2.45, 2.75) is 51.2 Å². The largest absolute Gasteiger partial charge is 0.417 e. The third-order valence-corrected chi connectivity index (χ3v) is 6.20. The zero-order valence-electron chi connectivity index (χ0n) is 19.2. The first-order valence-electron chi connectivity index (χ1n) is 10.9. The molecule has 0 unspecified atom stereocenters. The van der Waals surface area contributed by atoms with Crippen LogP contribution in [0, 0.1) is 11.3 Å². The van der Waals surface area contributed by atoms with Crippen LogP contribution in [0.2, 0.25) is 0 Å². The Kier molecular flexibility index (Phi) is 7.68. The molecule has 0 atom stereocenters. The average molecular weight is 501 g/mol. The van der Waals surface area contributed by atoms with Crippen molar-refractivity contribution in [1.82, 2.24) is 0 Å². The van der Waals surface area contributed by atoms with E-state index in [4.69, 9.17) is 23.0 Å². The van der Waals surface area contributed by atoms with Crippen LogP contribution < -0.4 is 9.80 Å². The molecule has 0 spiro atoms. The molecule has 0 radical (unpaired) electrons. The van der Waals surface area contributed by atoms with E-state index in [-0.39, 0.29) is 10.8 Å². The van der Waals surface area contributed by atoms with Crippen molar-refractivity contribution >= 4 is 34.6 Å². The molecule has 1 heterocycles. The Morgan fingerprint density at radius 3 is 2.37 bits per heavy atom. The van der Waals surface area contributed by atoms with Gasteiger partial charge in [-0.3, -0.25) is 9.69 Å². The molecule has 0 bridgehead atoms. The van der Waals surface area contributed by atoms with Gasteiger partial charge in [0, 0.05) is 17.1 Å². The third-order valence-electron chi connectivity index (χ3n) is 5.84. The Bertz CT molecular complexity index is 1210. The molecule has 3 rings (SSSR count). The molecule has 1 amide bonds. The number of hydrogen-bond donors (Lipinski definition) is 0. The Hall–Kier alpha value is -3.61. The highest BCUT2D eigenvalue weighted by atomic mass is 32.1. The van der Waals surface area contributed by atoms with E-state index in [1.807, 2.05) is 24.3 Å². The predicted molar refractivity (Wildman–Crippen MR) is 131 cm³/mol. The number of thiocarbonyl (C=S) groups is 1. The molecule has 1 saturated heterocycles. The van der Waals surface area contributed by atoms with Gasteiger partial charge in [0.2, 0.25) is 0 Å². The number of halogens is 3. The monoisotopic (exact) mass is 500 g/mol. The number of alkyl halides is 3. The Labute approximate surface area is 206 Å². The molecular formula is C24H23F3N6OS. The van der Waals surface area contributed by atoms with Crippen molar-refractivity contribution < 1.29 is 18.0 Å². The number of benzene rings is 2. The van der Waals surface area contributed by atoms with Gasteiger partial charge in [-0.05, 0) is 86.8 Å². The number of unbranched alkanes of at least 4 members (excludes halogenated alkanes) is 2. The van der Waals surface area contributed by atoms with Crippen LogP contribution in [0.4, 0.5) is 24.5 Å². The smallest absolute Gasteiger partial charge is 0.304 e. The first-order chi connectivity index (χ1) is 16.5. The second-order valence-electron chi connectivity index (χ2n) is 8.59. The van der Waals surface area contributed by atoms with Crippen LogP contribution in [0.25, 0.3) is 10.4 Å². The van der Waals surface area contributed by atoms with Gasteiger partial charge in [0.05, 0.1) is 22.9 Å². The van der Waals surface area contributed by atoms with E-state index in [2.05, 4.69) is 10.0 Å². The minimum atomic E-state index is -4.75. The summed E-state index contributed by atoms with van der Waals surface area (Å²) in [5.41, 5.74) is 7.22. The van der Waals surface area contributed by atoms with Gasteiger partial charge < -0.3 is 4.90 Å². The van der Waals surface area contributed by atoms with Crippen LogP contribution in [-0.2, 0) is 17.4 Å². The van der Waals surface area contributed by atoms with Crippen LogP contribution >= 0.6 is 12.2 Å². The molecule has 2 aromatic rings. The van der Waals surface area contributed by atoms with Gasteiger partial charge in [-0.2, -0.15) is 18.4 Å². The first-order valence-corrected chi connectivity index (χ1v) is 11.3. The summed E-state index contributed by atoms with van der Waals surface area (Å²) in [7, 11) is 0. The van der Waals surface area contributed by atoms with Gasteiger partial charge in [0.1, 0.15) is 5.54 Å². The maximum Gasteiger partial charge on any atom is 0.417 e. The molecule has 7 nitrogen and oxygen atoms in total. The summed E-state index contributed by atoms with van der Waals surface area (Å²) < 4.78 is 40.4. The van der Waals surface area contributed by atoms with E-state index in [0.717, 1.165) is 48.3 Å². The minimum absolute atomic E-state index is 0.0424. The first kappa shape index (κ1) is 26.0. The number of hydrogen-bond acceptors (Lipinski definition) is 4. The van der Waals surface area contributed by atoms with Gasteiger partial charge in [0.15, 0.2) is 5.11 Å². The van der Waals surface area contributed by atoms with Crippen molar-refractivity contribution in [1.29, 1.82) is 5.26 Å². The number of rotatable bonds is 8. The number of aryl methyl sites for hydroxylation is 1. The van der Waals surface area contributed by atoms with E-state index in [1.165, 1.54) is 12.1 Å². The van der Waals surface area contributed by atoms with Gasteiger partial charge in [-0.15, -0.1) is 0 Å². The molecule has 2 aromatic carbocycles. The quantitative estimate of drug-likeness (QED) is 0.136. The summed E-state index contributed by atoms with van der Waals surface area (Å²) in [4.78, 5) is 18.7. The van der Waals surface area contributed by atoms with Crippen molar-refractivity contribution in [3.63, 3.8) is 0 Å². The number of nitrogens with zero attached hydrogens (tertiary/aromatic N) is 6. The van der Waals surface area contributed by atoms with E-state index < -0.39 is 28.7 Å². The van der Waals surface area contributed by atoms with E-state index in [0.29, 0.717) is 12.2 Å². The molecule has 35 heavy (non-hydrogen) atoms. The summed E-state index contributed by atoms with van der Waals surface area (Å²) in [6.07, 6.45) is -1.24. The number of azide groups is 1. The van der Waals surface area contributed by atoms with Crippen molar-refractivity contribution in [3.8, 4) is 6.07 Å². The van der Waals surface area contributed by atoms with Gasteiger partial charge in [-0.1, -0.05) is 23.7 Å². The van der Waals surface area contributed by atoms with Crippen LogP contribution in [0.5, 0.6) is 0 Å². The topological polar surface area (TPSA) is 96.1 Å². The van der Waals surface area contributed by atoms with Crippen LogP contribution in [0.3, 0.4) is 0 Å². The lowest BCUT2D eigenvalue weighted by molar-refractivity contribution is -0.137. The SMILES string of the molecule is CC1(C)C(=O)N(c2ccc(C#N)c(C(F)(F)F)c2)C(=S)N1c1ccc(CCCCCN=[N+]=[N-])cc1. The Balaban J connectivity index is 1.83. The summed E-state index contributed by atoms with van der Waals surface area (Å²) in [5.74, 6) is -0.468. The molecule has 0 aromatic heterocycles. The highest BCUT2D eigenvalue weighted by Crippen LogP contribution is 2.39. The normalized spacial score (nSPS) is 15.2. The fraction of sp³-hybridized carbons (Fsp3) is 0.375. The molecule has 0 saturated carbocycles. The van der Waals surface area contributed by atoms with Crippen molar-refractivity contribution in [2.75, 3.05) is 16.3 Å². The molecule has 1 aliphatic rings. The van der Waals surface area contributed by atoms with Crippen LogP contribution in [0.1, 0.15) is 49.8 Å². The highest BCUT2D eigenvalue weighted by molar-refractivity contribution is 7.81. The van der Waals surface area contributed by atoms with E-state index in [1.54, 1.807) is 18.7 Å². The zero-order valence-corrected chi connectivity index (χ0v) is 20.0. The fourth-order valence-corrected chi connectivity index (χ4v) is 4.53. The molecule has 182 valence electrons. The molecular weight excluding hydrogens is 477 g/mol. The predicted octanol–water partition coefficient (Wildman–Crippen LogP) is 6.52. The van der Waals surface area contributed by atoms with Crippen LogP contribution in [-0.4, -0.2) is 23.1 Å². The third kappa shape index (κ3) is 5.39. The van der Waals surface area contributed by atoms with Gasteiger partial charge >= 0.3 is 6.18 Å². The second-order valence-corrected chi connectivity index (χ2v) is 8.95. The van der Waals surface area contributed by atoms with Gasteiger partial charge in [-0.25, -0.2) is 0 Å². The number of carbonyl (C=O) groups excluding carboxylic acids is 1. The lowest BCUT2D eigenvalue weighted by Crippen LogP contribution is -2.44. The molecule has 1 aliphatic heterocycles. The van der Waals surface area contributed by atoms with Crippen molar-refractivity contribution in [3.05, 3.63) is 69.6 Å². The second kappa shape index (κ2) is 10.3. The van der Waals surface area contributed by atoms with Crippen LogP contribution in [0.15, 0.2) is 47.6 Å². The standard InChI is InChI=1S/C24H23F3N6OS/c1-23(2)21(34)32(19-12-9-17(15-28)20(14-19)24(25,26)27)22(35)33(23)18-10-7-16(8-11-18)6-4-3-5-13-30-31-29/h7-12,14H,3-6,13H2,1-2H3. The number of anilines is 2. The van der Waals surface area contributed by atoms with Crippen molar-refractivity contribution in [2.24, 2.45) is 5.11 Å². The van der Waals surface area contributed by atoms with E-state index >= 15 is 0 Å². The number of carbonyl (C=O) groups is 1. The fourth-order valence-electron chi connectivity index (χ4n) is 4.00. The molecule has 0 aliphatic carbocycles. The lowest BCUT2D eigenvalue weighted by Gasteiger charge is -2.29. The average Bonchev–Trinajstić information content (AvgIpc) is 2.99. The van der Waals surface area contributed by atoms with E-state index in [9.17, 15) is 18.0 Å². The lowest BCUT2D eigenvalue weighted by atomic mass is 10.0. The summed E-state index contributed by atoms with van der Waals surface area (Å²) in [6, 6.07) is 12.2. The molecule has 11 heteroatoms. The summed E-state index contributed by atoms with van der Waals surface area (Å²) in [6.45, 7) is 3.80. The number of nitriles is 1. The molecule has 0 N–H and O–H groups in total.